The topological polar surface area (TPSA) is 82.9 Å². The van der Waals surface area contributed by atoms with Crippen molar-refractivity contribution in [3.05, 3.63) is 0 Å². The molecule has 236 valence electrons. The molecule has 4 aliphatic carbocycles. The van der Waals surface area contributed by atoms with Crippen molar-refractivity contribution in [1.29, 1.82) is 0 Å². The van der Waals surface area contributed by atoms with Crippen LogP contribution in [0.25, 0.3) is 0 Å². The van der Waals surface area contributed by atoms with Crippen LogP contribution in [0.5, 0.6) is 0 Å². The van der Waals surface area contributed by atoms with Crippen LogP contribution < -0.4 is 10.6 Å². The number of nitrogens with one attached hydrogen (secondary N) is 2. The molecule has 6 aliphatic rings. The van der Waals surface area contributed by atoms with Gasteiger partial charge in [-0.15, -0.1) is 0 Å². The summed E-state index contributed by atoms with van der Waals surface area (Å²) in [7, 11) is 0. The molecule has 6 rings (SSSR count). The van der Waals surface area contributed by atoms with E-state index in [4.69, 9.17) is 0 Å². The number of alkyl halides is 6. The first-order valence-electron chi connectivity index (χ1n) is 14.8. The third-order valence-electron chi connectivity index (χ3n) is 10.1. The van der Waals surface area contributed by atoms with E-state index in [1.165, 1.54) is 40.5 Å². The van der Waals surface area contributed by atoms with E-state index >= 15 is 0 Å². The summed E-state index contributed by atoms with van der Waals surface area (Å²) < 4.78 is 75.7. The molecule has 0 radical (unpaired) electrons. The third-order valence-corrected chi connectivity index (χ3v) is 13.3. The highest BCUT2D eigenvalue weighted by molar-refractivity contribution is 8.16. The van der Waals surface area contributed by atoms with Crippen LogP contribution in [0.4, 0.5) is 26.3 Å². The number of thioether (sulfide) groups is 2. The Bertz CT molecular complexity index is 1070. The van der Waals surface area contributed by atoms with Gasteiger partial charge in [-0.1, -0.05) is 64.1 Å². The molecular formula is C28H38F6N4O2S2. The highest BCUT2D eigenvalue weighted by atomic mass is 32.2. The number of hydrogen-bond donors (Lipinski definition) is 2. The molecule has 2 heterocycles. The van der Waals surface area contributed by atoms with Gasteiger partial charge in [-0.3, -0.25) is 19.6 Å². The summed E-state index contributed by atoms with van der Waals surface area (Å²) in [4.78, 5) is 32.9. The Morgan fingerprint density at radius 1 is 0.667 bits per heavy atom. The first kappa shape index (κ1) is 32.0. The zero-order valence-electron chi connectivity index (χ0n) is 24.1. The molecule has 6 fully saturated rings. The molecule has 8 atom stereocenters. The van der Waals surface area contributed by atoms with Crippen LogP contribution in [0.1, 0.15) is 79.1 Å². The second-order valence-electron chi connectivity index (χ2n) is 13.2. The van der Waals surface area contributed by atoms with Crippen molar-refractivity contribution >= 4 is 45.7 Å². The number of nitrogens with zero attached hydrogens (tertiary/aromatic N) is 2. The zero-order chi connectivity index (χ0) is 30.8. The van der Waals surface area contributed by atoms with Gasteiger partial charge in [0, 0.05) is 0 Å². The third kappa shape index (κ3) is 5.38. The van der Waals surface area contributed by atoms with Crippen molar-refractivity contribution < 1.29 is 35.9 Å². The quantitative estimate of drug-likeness (QED) is 0.335. The summed E-state index contributed by atoms with van der Waals surface area (Å²) in [6.45, 7) is 5.72. The van der Waals surface area contributed by atoms with Gasteiger partial charge in [0.1, 0.15) is 0 Å². The Balaban J connectivity index is 0.000000168. The minimum absolute atomic E-state index is 0.0859. The molecular weight excluding hydrogens is 602 g/mol. The average Bonchev–Trinajstić information content (AvgIpc) is 3.69. The maximum absolute atomic E-state index is 13.4. The number of carbonyl (C=O) groups excluding carboxylic acids is 2. The van der Waals surface area contributed by atoms with Crippen molar-refractivity contribution in [2.45, 2.75) is 113 Å². The lowest BCUT2D eigenvalue weighted by atomic mass is 9.93. The van der Waals surface area contributed by atoms with E-state index in [9.17, 15) is 35.9 Å². The van der Waals surface area contributed by atoms with Gasteiger partial charge >= 0.3 is 12.4 Å². The fraction of sp³-hybridized carbons (Fsp3) is 0.857. The summed E-state index contributed by atoms with van der Waals surface area (Å²) in [5.74, 6) is -1.31. The second kappa shape index (κ2) is 11.2. The number of amides is 2. The highest BCUT2D eigenvalue weighted by Crippen LogP contribution is 2.53. The van der Waals surface area contributed by atoms with Crippen LogP contribution in [-0.4, -0.2) is 56.1 Å². The highest BCUT2D eigenvalue weighted by Gasteiger charge is 2.68. The van der Waals surface area contributed by atoms with Crippen LogP contribution in [0, 0.1) is 35.5 Å². The zero-order valence-corrected chi connectivity index (χ0v) is 25.7. The summed E-state index contributed by atoms with van der Waals surface area (Å²) in [5.41, 5.74) is 0. The molecule has 0 aromatic carbocycles. The van der Waals surface area contributed by atoms with Crippen LogP contribution in [-0.2, 0) is 9.59 Å². The summed E-state index contributed by atoms with van der Waals surface area (Å²) in [6.07, 6.45) is -0.351. The Labute approximate surface area is 250 Å². The van der Waals surface area contributed by atoms with E-state index in [-0.39, 0.29) is 22.4 Å². The van der Waals surface area contributed by atoms with Gasteiger partial charge in [-0.25, -0.2) is 0 Å². The van der Waals surface area contributed by atoms with E-state index in [1.807, 2.05) is 0 Å². The lowest BCUT2D eigenvalue weighted by Gasteiger charge is -2.30. The van der Waals surface area contributed by atoms with Crippen LogP contribution in [0.15, 0.2) is 9.98 Å². The van der Waals surface area contributed by atoms with Gasteiger partial charge in [0.25, 0.3) is 11.8 Å². The van der Waals surface area contributed by atoms with Crippen molar-refractivity contribution in [2.75, 3.05) is 0 Å². The van der Waals surface area contributed by atoms with Crippen molar-refractivity contribution in [3.63, 3.8) is 0 Å². The lowest BCUT2D eigenvalue weighted by molar-refractivity contribution is -0.178. The normalized spacial score (nSPS) is 41.3. The largest absolute Gasteiger partial charge is 0.412 e. The number of halogens is 6. The molecule has 14 heteroatoms. The molecule has 4 bridgehead atoms. The number of carbonyl (C=O) groups is 2. The first-order valence-corrected chi connectivity index (χ1v) is 16.4. The van der Waals surface area contributed by atoms with E-state index in [1.54, 1.807) is 0 Å². The number of fused-ring (bicyclic) bond motifs is 4. The lowest BCUT2D eigenvalue weighted by Crippen LogP contribution is -2.52. The standard InChI is InChI=1S/2C14H19F3N2OS/c2*1-7(2)13(14(15,16)17)11(20)19-12(21-13)18-10-6-8-3-4-9(10)5-8/h2*7-10H,3-6H2,1-2H3,(H,18,19,20)/t8-,9+,10+,13+;8-,9+,10+,13-/m11/s1. The Morgan fingerprint density at radius 3 is 1.24 bits per heavy atom. The smallest absolute Gasteiger partial charge is 0.304 e. The molecule has 4 saturated carbocycles. The molecule has 2 amide bonds. The summed E-state index contributed by atoms with van der Waals surface area (Å²) >= 11 is 1.12. The average molecular weight is 641 g/mol. The molecule has 2 aliphatic heterocycles. The van der Waals surface area contributed by atoms with E-state index in [0.717, 1.165) is 38.5 Å². The monoisotopic (exact) mass is 640 g/mol. The van der Waals surface area contributed by atoms with Gasteiger partial charge < -0.3 is 10.6 Å². The minimum Gasteiger partial charge on any atom is -0.304 e. The number of hydrogen-bond acceptors (Lipinski definition) is 6. The number of amidine groups is 2. The molecule has 2 saturated heterocycles. The van der Waals surface area contributed by atoms with Gasteiger partial charge in [0.2, 0.25) is 0 Å². The Morgan fingerprint density at radius 2 is 1.02 bits per heavy atom. The van der Waals surface area contributed by atoms with Crippen LogP contribution >= 0.6 is 23.5 Å². The van der Waals surface area contributed by atoms with Crippen molar-refractivity contribution in [3.8, 4) is 0 Å². The predicted molar refractivity (Wildman–Crippen MR) is 152 cm³/mol. The Hall–Kier alpha value is -1.44. The fourth-order valence-electron chi connectivity index (χ4n) is 7.77. The van der Waals surface area contributed by atoms with Crippen LogP contribution in [0.3, 0.4) is 0 Å². The maximum Gasteiger partial charge on any atom is 0.412 e. The number of rotatable bonds is 4. The molecule has 0 aromatic heterocycles. The summed E-state index contributed by atoms with van der Waals surface area (Å²) in [5, 5.41) is 5.06. The van der Waals surface area contributed by atoms with Crippen molar-refractivity contribution in [1.82, 2.24) is 10.6 Å². The summed E-state index contributed by atoms with van der Waals surface area (Å²) in [6, 6.07) is 0.172. The fourth-order valence-corrected chi connectivity index (χ4v) is 10.0. The van der Waals surface area contributed by atoms with Crippen LogP contribution in [0.2, 0.25) is 0 Å². The van der Waals surface area contributed by atoms with E-state index < -0.39 is 45.5 Å². The molecule has 2 N–H and O–H groups in total. The van der Waals surface area contributed by atoms with Gasteiger partial charge in [-0.05, 0) is 74.0 Å². The second-order valence-corrected chi connectivity index (χ2v) is 15.7. The van der Waals surface area contributed by atoms with E-state index in [0.29, 0.717) is 47.2 Å². The SMILES string of the molecule is CC(C)[C@@]1(C(F)(F)F)SC(=N[C@H]2C[C@@H]3CC[C@H]2C3)NC1=O.CC(C)[C@]1(C(F)(F)F)SC(=N[C@H]2C[C@@H]3CC[C@H]2C3)NC1=O. The molecule has 0 spiro atoms. The van der Waals surface area contributed by atoms with E-state index in [2.05, 4.69) is 20.6 Å². The molecule has 0 aromatic rings. The minimum atomic E-state index is -4.58. The molecule has 6 nitrogen and oxygen atoms in total. The maximum atomic E-state index is 13.4. The predicted octanol–water partition coefficient (Wildman–Crippen LogP) is 6.70. The molecule has 0 unspecified atom stereocenters. The first-order chi connectivity index (χ1) is 19.5. The van der Waals surface area contributed by atoms with Crippen molar-refractivity contribution in [2.24, 2.45) is 45.5 Å². The molecule has 42 heavy (non-hydrogen) atoms. The Kier molecular flexibility index (Phi) is 8.50. The van der Waals surface area contributed by atoms with Gasteiger partial charge in [0.15, 0.2) is 19.8 Å². The number of aliphatic imine (C=N–C) groups is 2. The van der Waals surface area contributed by atoms with Gasteiger partial charge in [-0.2, -0.15) is 26.3 Å². The van der Waals surface area contributed by atoms with Gasteiger partial charge in [0.05, 0.1) is 12.1 Å².